The molecule has 2 atom stereocenters. The van der Waals surface area contributed by atoms with Gasteiger partial charge < -0.3 is 9.64 Å². The first kappa shape index (κ1) is 12.0. The van der Waals surface area contributed by atoms with Gasteiger partial charge >= 0.3 is 5.97 Å². The Kier molecular flexibility index (Phi) is 4.15. The maximum absolute atomic E-state index is 10.9. The van der Waals surface area contributed by atoms with Gasteiger partial charge in [-0.2, -0.15) is 0 Å². The molecular weight excluding hydrogens is 192 g/mol. The number of esters is 1. The zero-order chi connectivity index (χ0) is 11.4. The summed E-state index contributed by atoms with van der Waals surface area (Å²) in [5, 5.41) is 0. The summed E-state index contributed by atoms with van der Waals surface area (Å²) >= 11 is 0. The number of piperazine rings is 1. The molecular formula is C11H20N2O2. The average molecular weight is 212 g/mol. The Morgan fingerprint density at radius 3 is 2.33 bits per heavy atom. The van der Waals surface area contributed by atoms with Crippen molar-refractivity contribution in [2.75, 3.05) is 27.2 Å². The smallest absolute Gasteiger partial charge is 0.331 e. The van der Waals surface area contributed by atoms with Crippen LogP contribution in [0.4, 0.5) is 0 Å². The van der Waals surface area contributed by atoms with E-state index in [4.69, 9.17) is 0 Å². The zero-order valence-corrected chi connectivity index (χ0v) is 9.93. The molecule has 1 heterocycles. The third kappa shape index (κ3) is 3.23. The van der Waals surface area contributed by atoms with Crippen LogP contribution in [0.25, 0.3) is 0 Å². The van der Waals surface area contributed by atoms with E-state index in [1.807, 2.05) is 6.20 Å². The van der Waals surface area contributed by atoms with Crippen LogP contribution in [0.2, 0.25) is 0 Å². The lowest BCUT2D eigenvalue weighted by Crippen LogP contribution is -2.53. The van der Waals surface area contributed by atoms with E-state index in [-0.39, 0.29) is 5.97 Å². The van der Waals surface area contributed by atoms with Crippen LogP contribution in [0.1, 0.15) is 13.8 Å². The third-order valence-corrected chi connectivity index (χ3v) is 3.01. The van der Waals surface area contributed by atoms with Crippen molar-refractivity contribution in [2.24, 2.45) is 0 Å². The molecule has 1 aliphatic heterocycles. The highest BCUT2D eigenvalue weighted by atomic mass is 16.5. The monoisotopic (exact) mass is 212 g/mol. The summed E-state index contributed by atoms with van der Waals surface area (Å²) in [7, 11) is 3.53. The van der Waals surface area contributed by atoms with Gasteiger partial charge in [0.05, 0.1) is 7.11 Å². The van der Waals surface area contributed by atoms with Gasteiger partial charge in [0.1, 0.15) is 0 Å². The number of likely N-dealkylation sites (N-methyl/N-ethyl adjacent to an activating group) is 1. The van der Waals surface area contributed by atoms with Crippen LogP contribution in [0.5, 0.6) is 0 Å². The van der Waals surface area contributed by atoms with Crippen molar-refractivity contribution in [3.05, 3.63) is 12.3 Å². The molecule has 0 aromatic rings. The average Bonchev–Trinajstić information content (AvgIpc) is 2.22. The second-order valence-electron chi connectivity index (χ2n) is 4.16. The van der Waals surface area contributed by atoms with Crippen LogP contribution in [-0.4, -0.2) is 55.1 Å². The maximum atomic E-state index is 10.9. The van der Waals surface area contributed by atoms with Gasteiger partial charge in [-0.1, -0.05) is 0 Å². The quantitative estimate of drug-likeness (QED) is 0.498. The van der Waals surface area contributed by atoms with Crippen molar-refractivity contribution >= 4 is 5.97 Å². The fourth-order valence-corrected chi connectivity index (χ4v) is 1.80. The molecule has 0 spiro atoms. The fourth-order valence-electron chi connectivity index (χ4n) is 1.80. The number of carbonyl (C=O) groups excluding carboxylic acids is 1. The van der Waals surface area contributed by atoms with Crippen LogP contribution in [-0.2, 0) is 9.53 Å². The first-order valence-corrected chi connectivity index (χ1v) is 5.26. The summed E-state index contributed by atoms with van der Waals surface area (Å²) in [5.41, 5.74) is 0. The second kappa shape index (κ2) is 5.16. The number of methoxy groups -OCH3 is 1. The summed E-state index contributed by atoms with van der Waals surface area (Å²) in [6.45, 7) is 6.28. The van der Waals surface area contributed by atoms with E-state index in [1.54, 1.807) is 0 Å². The first-order chi connectivity index (χ1) is 7.04. The molecule has 0 saturated carbocycles. The van der Waals surface area contributed by atoms with Crippen molar-refractivity contribution in [3.8, 4) is 0 Å². The molecule has 1 fully saturated rings. The molecule has 15 heavy (non-hydrogen) atoms. The number of nitrogens with zero attached hydrogens (tertiary/aromatic N) is 2. The van der Waals surface area contributed by atoms with Gasteiger partial charge in [-0.25, -0.2) is 4.79 Å². The Hall–Kier alpha value is -1.03. The lowest BCUT2D eigenvalue weighted by molar-refractivity contribution is -0.134. The molecule has 4 nitrogen and oxygen atoms in total. The number of hydrogen-bond acceptors (Lipinski definition) is 4. The number of carbonyl (C=O) groups is 1. The minimum absolute atomic E-state index is 0.297. The van der Waals surface area contributed by atoms with E-state index >= 15 is 0 Å². The highest BCUT2D eigenvalue weighted by Crippen LogP contribution is 2.13. The maximum Gasteiger partial charge on any atom is 0.331 e. The molecule has 1 saturated heterocycles. The SMILES string of the molecule is COC(=O)/C=C/N1CC(C)N(C)C(C)C1. The van der Waals surface area contributed by atoms with Crippen LogP contribution in [0.3, 0.4) is 0 Å². The Morgan fingerprint density at radius 1 is 1.33 bits per heavy atom. The molecule has 1 aliphatic rings. The number of ether oxygens (including phenoxy) is 1. The topological polar surface area (TPSA) is 32.8 Å². The van der Waals surface area contributed by atoms with Gasteiger partial charge in [0, 0.05) is 37.4 Å². The van der Waals surface area contributed by atoms with Crippen molar-refractivity contribution in [1.82, 2.24) is 9.80 Å². The van der Waals surface area contributed by atoms with Crippen molar-refractivity contribution in [1.29, 1.82) is 0 Å². The van der Waals surface area contributed by atoms with E-state index in [9.17, 15) is 4.79 Å². The van der Waals surface area contributed by atoms with Gasteiger partial charge in [0.15, 0.2) is 0 Å². The van der Waals surface area contributed by atoms with Crippen LogP contribution in [0.15, 0.2) is 12.3 Å². The van der Waals surface area contributed by atoms with Crippen LogP contribution in [0, 0.1) is 0 Å². The predicted octanol–water partition coefficient (Wildman–Crippen LogP) is 0.697. The minimum Gasteiger partial charge on any atom is -0.466 e. The highest BCUT2D eigenvalue weighted by molar-refractivity contribution is 5.81. The molecule has 2 unspecified atom stereocenters. The minimum atomic E-state index is -0.297. The molecule has 4 heteroatoms. The van der Waals surface area contributed by atoms with Gasteiger partial charge in [-0.3, -0.25) is 4.90 Å². The second-order valence-corrected chi connectivity index (χ2v) is 4.16. The molecule has 0 amide bonds. The summed E-state index contributed by atoms with van der Waals surface area (Å²) in [4.78, 5) is 15.4. The normalized spacial score (nSPS) is 28.4. The summed E-state index contributed by atoms with van der Waals surface area (Å²) in [5.74, 6) is -0.297. The van der Waals surface area contributed by atoms with Crippen LogP contribution < -0.4 is 0 Å². The van der Waals surface area contributed by atoms with Gasteiger partial charge in [0.2, 0.25) is 0 Å². The Balaban J connectivity index is 2.51. The number of rotatable bonds is 2. The Labute approximate surface area is 91.5 Å². The molecule has 0 radical (unpaired) electrons. The van der Waals surface area contributed by atoms with Gasteiger partial charge in [-0.15, -0.1) is 0 Å². The van der Waals surface area contributed by atoms with E-state index in [0.717, 1.165) is 13.1 Å². The molecule has 0 aromatic heterocycles. The standard InChI is InChI=1S/C11H20N2O2/c1-9-7-13(6-5-11(14)15-4)8-10(2)12(9)3/h5-6,9-10H,7-8H2,1-4H3/b6-5+. The van der Waals surface area contributed by atoms with E-state index in [2.05, 4.69) is 35.4 Å². The van der Waals surface area contributed by atoms with E-state index in [1.165, 1.54) is 13.2 Å². The van der Waals surface area contributed by atoms with Crippen LogP contribution >= 0.6 is 0 Å². The molecule has 0 aromatic carbocycles. The van der Waals surface area contributed by atoms with Crippen molar-refractivity contribution in [2.45, 2.75) is 25.9 Å². The van der Waals surface area contributed by atoms with E-state index in [0.29, 0.717) is 12.1 Å². The van der Waals surface area contributed by atoms with Gasteiger partial charge in [-0.05, 0) is 20.9 Å². The van der Waals surface area contributed by atoms with Crippen molar-refractivity contribution < 1.29 is 9.53 Å². The summed E-state index contributed by atoms with van der Waals surface area (Å²) in [6, 6.07) is 1.02. The lowest BCUT2D eigenvalue weighted by Gasteiger charge is -2.42. The molecule has 86 valence electrons. The number of hydrogen-bond donors (Lipinski definition) is 0. The first-order valence-electron chi connectivity index (χ1n) is 5.26. The highest BCUT2D eigenvalue weighted by Gasteiger charge is 2.24. The lowest BCUT2D eigenvalue weighted by atomic mass is 10.1. The Morgan fingerprint density at radius 2 is 1.87 bits per heavy atom. The van der Waals surface area contributed by atoms with Crippen molar-refractivity contribution in [3.63, 3.8) is 0 Å². The predicted molar refractivity (Wildman–Crippen MR) is 59.4 cm³/mol. The van der Waals surface area contributed by atoms with E-state index < -0.39 is 0 Å². The molecule has 0 N–H and O–H groups in total. The van der Waals surface area contributed by atoms with Gasteiger partial charge in [0.25, 0.3) is 0 Å². The largest absolute Gasteiger partial charge is 0.466 e. The molecule has 0 aliphatic carbocycles. The zero-order valence-electron chi connectivity index (χ0n) is 9.93. The summed E-state index contributed by atoms with van der Waals surface area (Å²) in [6.07, 6.45) is 3.30. The third-order valence-electron chi connectivity index (χ3n) is 3.01. The fraction of sp³-hybridized carbons (Fsp3) is 0.727. The Bertz CT molecular complexity index is 241. The molecule has 0 bridgehead atoms. The molecule has 1 rings (SSSR count). The summed E-state index contributed by atoms with van der Waals surface area (Å²) < 4.78 is 4.55.